The summed E-state index contributed by atoms with van der Waals surface area (Å²) in [4.78, 5) is 0. The number of thiophene rings is 2. The summed E-state index contributed by atoms with van der Waals surface area (Å²) in [5.74, 6) is 0. The molecule has 3 aromatic heterocycles. The van der Waals surface area contributed by atoms with E-state index in [0.29, 0.717) is 0 Å². The van der Waals surface area contributed by atoms with Gasteiger partial charge in [0, 0.05) is 6.54 Å². The van der Waals surface area contributed by atoms with Gasteiger partial charge in [0.1, 0.15) is 0 Å². The third-order valence-electron chi connectivity index (χ3n) is 4.81. The summed E-state index contributed by atoms with van der Waals surface area (Å²) in [6.07, 6.45) is 14.1. The van der Waals surface area contributed by atoms with E-state index in [2.05, 4.69) is 34.4 Å². The summed E-state index contributed by atoms with van der Waals surface area (Å²) in [6.45, 7) is 3.47. The molecule has 3 heteroatoms. The van der Waals surface area contributed by atoms with Gasteiger partial charge < -0.3 is 4.57 Å². The number of rotatable bonds is 11. The summed E-state index contributed by atoms with van der Waals surface area (Å²) in [7, 11) is 0. The maximum absolute atomic E-state index is 2.54. The van der Waals surface area contributed by atoms with Gasteiger partial charge in [-0.15, -0.1) is 22.7 Å². The summed E-state index contributed by atoms with van der Waals surface area (Å²) < 4.78 is 5.52. The highest BCUT2D eigenvalue weighted by atomic mass is 32.1. The molecule has 0 unspecified atom stereocenters. The molecular weight excluding hydrogens is 318 g/mol. The van der Waals surface area contributed by atoms with Crippen LogP contribution < -0.4 is 0 Å². The van der Waals surface area contributed by atoms with Crippen LogP contribution in [0.15, 0.2) is 22.9 Å². The summed E-state index contributed by atoms with van der Waals surface area (Å²) in [5.41, 5.74) is 2.90. The SMILES string of the molecule is CCCCCCCCCCCCn1c2ccsc2c2sccc21. The van der Waals surface area contributed by atoms with E-state index in [-0.39, 0.29) is 0 Å². The molecule has 126 valence electrons. The fraction of sp³-hybridized carbons (Fsp3) is 0.600. The summed E-state index contributed by atoms with van der Waals surface area (Å²) in [5, 5.41) is 4.47. The second-order valence-corrected chi connectivity index (χ2v) is 8.44. The minimum atomic E-state index is 1.18. The Kier molecular flexibility index (Phi) is 6.58. The van der Waals surface area contributed by atoms with Crippen molar-refractivity contribution < 1.29 is 0 Å². The lowest BCUT2D eigenvalue weighted by atomic mass is 10.1. The van der Waals surface area contributed by atoms with E-state index in [4.69, 9.17) is 0 Å². The molecule has 0 aromatic carbocycles. The van der Waals surface area contributed by atoms with Crippen molar-refractivity contribution in [3.63, 3.8) is 0 Å². The first-order valence-corrected chi connectivity index (χ1v) is 11.1. The van der Waals surface area contributed by atoms with Crippen LogP contribution in [-0.2, 0) is 6.54 Å². The van der Waals surface area contributed by atoms with Gasteiger partial charge in [0.05, 0.1) is 20.4 Å². The van der Waals surface area contributed by atoms with E-state index in [1.807, 2.05) is 22.7 Å². The molecule has 0 amide bonds. The third kappa shape index (κ3) is 4.19. The van der Waals surface area contributed by atoms with Crippen molar-refractivity contribution in [1.29, 1.82) is 0 Å². The molecule has 0 bridgehead atoms. The van der Waals surface area contributed by atoms with Crippen LogP contribution in [0.5, 0.6) is 0 Å². The molecule has 0 radical (unpaired) electrons. The largest absolute Gasteiger partial charge is 0.339 e. The minimum absolute atomic E-state index is 1.18. The molecule has 0 aliphatic rings. The van der Waals surface area contributed by atoms with E-state index in [0.717, 1.165) is 0 Å². The van der Waals surface area contributed by atoms with Gasteiger partial charge in [0.2, 0.25) is 0 Å². The number of aromatic nitrogens is 1. The van der Waals surface area contributed by atoms with Crippen molar-refractivity contribution in [2.75, 3.05) is 0 Å². The number of nitrogens with zero attached hydrogens (tertiary/aromatic N) is 1. The van der Waals surface area contributed by atoms with Gasteiger partial charge in [0.15, 0.2) is 0 Å². The van der Waals surface area contributed by atoms with Gasteiger partial charge in [-0.25, -0.2) is 0 Å². The van der Waals surface area contributed by atoms with Crippen LogP contribution in [0.3, 0.4) is 0 Å². The van der Waals surface area contributed by atoms with Gasteiger partial charge in [-0.3, -0.25) is 0 Å². The van der Waals surface area contributed by atoms with E-state index in [1.165, 1.54) is 91.2 Å². The van der Waals surface area contributed by atoms with E-state index in [1.54, 1.807) is 0 Å². The normalized spacial score (nSPS) is 11.9. The molecule has 3 rings (SSSR count). The molecule has 0 atom stereocenters. The predicted molar refractivity (Wildman–Crippen MR) is 107 cm³/mol. The number of hydrogen-bond donors (Lipinski definition) is 0. The van der Waals surface area contributed by atoms with E-state index >= 15 is 0 Å². The lowest BCUT2D eigenvalue weighted by Gasteiger charge is -2.06. The summed E-state index contributed by atoms with van der Waals surface area (Å²) in [6, 6.07) is 4.59. The molecule has 3 heterocycles. The first-order valence-electron chi connectivity index (χ1n) is 9.34. The van der Waals surface area contributed by atoms with Crippen molar-refractivity contribution in [1.82, 2.24) is 4.57 Å². The van der Waals surface area contributed by atoms with E-state index in [9.17, 15) is 0 Å². The predicted octanol–water partition coefficient (Wildman–Crippen LogP) is 7.84. The van der Waals surface area contributed by atoms with Crippen LogP contribution in [0.2, 0.25) is 0 Å². The Labute approximate surface area is 148 Å². The maximum Gasteiger partial charge on any atom is 0.0700 e. The zero-order valence-corrected chi connectivity index (χ0v) is 16.0. The molecule has 1 nitrogen and oxygen atoms in total. The zero-order chi connectivity index (χ0) is 15.9. The molecule has 0 aliphatic carbocycles. The van der Waals surface area contributed by atoms with Crippen molar-refractivity contribution in [3.8, 4) is 0 Å². The van der Waals surface area contributed by atoms with Crippen molar-refractivity contribution >= 4 is 43.1 Å². The van der Waals surface area contributed by atoms with Crippen molar-refractivity contribution in [3.05, 3.63) is 22.9 Å². The highest BCUT2D eigenvalue weighted by Crippen LogP contribution is 2.36. The van der Waals surface area contributed by atoms with Crippen molar-refractivity contribution in [2.45, 2.75) is 77.7 Å². The summed E-state index contributed by atoms with van der Waals surface area (Å²) >= 11 is 3.78. The first kappa shape index (κ1) is 17.0. The maximum atomic E-state index is 2.54. The minimum Gasteiger partial charge on any atom is -0.339 e. The third-order valence-corrected chi connectivity index (χ3v) is 6.78. The standard InChI is InChI=1S/C20H29NS2/c1-2-3-4-5-6-7-8-9-10-11-14-21-17-12-15-22-19(17)20-18(21)13-16-23-20/h12-13,15-16H,2-11,14H2,1H3. The number of unbranched alkanes of at least 4 members (excludes halogenated alkanes) is 9. The number of fused-ring (bicyclic) bond motifs is 3. The Morgan fingerprint density at radius 3 is 1.70 bits per heavy atom. The Balaban J connectivity index is 1.37. The van der Waals surface area contributed by atoms with Crippen LogP contribution in [-0.4, -0.2) is 4.57 Å². The molecule has 23 heavy (non-hydrogen) atoms. The average molecular weight is 348 g/mol. The van der Waals surface area contributed by atoms with Gasteiger partial charge >= 0.3 is 0 Å². The highest BCUT2D eigenvalue weighted by molar-refractivity contribution is 7.25. The average Bonchev–Trinajstić information content (AvgIpc) is 3.24. The Morgan fingerprint density at radius 1 is 0.696 bits per heavy atom. The van der Waals surface area contributed by atoms with Crippen molar-refractivity contribution in [2.24, 2.45) is 0 Å². The fourth-order valence-corrected chi connectivity index (χ4v) is 5.47. The van der Waals surface area contributed by atoms with Gasteiger partial charge in [-0.05, 0) is 29.3 Å². The first-order chi connectivity index (χ1) is 11.4. The Bertz CT molecular complexity index is 656. The monoisotopic (exact) mass is 347 g/mol. The number of hydrogen-bond acceptors (Lipinski definition) is 2. The fourth-order valence-electron chi connectivity index (χ4n) is 3.50. The quantitative estimate of drug-likeness (QED) is 0.311. The lowest BCUT2D eigenvalue weighted by Crippen LogP contribution is -1.96. The molecule has 0 aliphatic heterocycles. The zero-order valence-electron chi connectivity index (χ0n) is 14.4. The van der Waals surface area contributed by atoms with Gasteiger partial charge in [-0.2, -0.15) is 0 Å². The highest BCUT2D eigenvalue weighted by Gasteiger charge is 2.12. The van der Waals surface area contributed by atoms with Crippen LogP contribution in [0.1, 0.15) is 71.1 Å². The van der Waals surface area contributed by atoms with Gasteiger partial charge in [0.25, 0.3) is 0 Å². The van der Waals surface area contributed by atoms with Crippen LogP contribution >= 0.6 is 22.7 Å². The topological polar surface area (TPSA) is 4.93 Å². The van der Waals surface area contributed by atoms with Crippen LogP contribution in [0.25, 0.3) is 20.4 Å². The van der Waals surface area contributed by atoms with Gasteiger partial charge in [-0.1, -0.05) is 64.7 Å². The smallest absolute Gasteiger partial charge is 0.0700 e. The van der Waals surface area contributed by atoms with E-state index < -0.39 is 0 Å². The molecule has 3 aromatic rings. The molecular formula is C20H29NS2. The van der Waals surface area contributed by atoms with Crippen LogP contribution in [0, 0.1) is 0 Å². The molecule has 0 saturated heterocycles. The molecule has 0 N–H and O–H groups in total. The number of aryl methyl sites for hydroxylation is 1. The molecule has 0 spiro atoms. The Hall–Kier alpha value is -0.800. The molecule has 0 fully saturated rings. The second-order valence-electron chi connectivity index (χ2n) is 6.60. The Morgan fingerprint density at radius 2 is 1.17 bits per heavy atom. The lowest BCUT2D eigenvalue weighted by molar-refractivity contribution is 0.541. The van der Waals surface area contributed by atoms with Crippen LogP contribution in [0.4, 0.5) is 0 Å². The molecule has 0 saturated carbocycles. The second kappa shape index (κ2) is 8.89.